The second-order valence-electron chi connectivity index (χ2n) is 3.63. The third-order valence-electron chi connectivity index (χ3n) is 2.60. The maximum Gasteiger partial charge on any atom is 0.312 e. The number of halogens is 1. The first-order valence-electron chi connectivity index (χ1n) is 4.77. The molecule has 0 saturated carbocycles. The molecule has 2 rings (SSSR count). The maximum atomic E-state index is 11.0. The van der Waals surface area contributed by atoms with Gasteiger partial charge in [0, 0.05) is 5.02 Å². The summed E-state index contributed by atoms with van der Waals surface area (Å²) >= 11 is 5.74. The van der Waals surface area contributed by atoms with Gasteiger partial charge in [0.2, 0.25) is 0 Å². The fraction of sp³-hybridized carbons (Fsp3) is 0.300. The van der Waals surface area contributed by atoms with Crippen molar-refractivity contribution in [1.82, 2.24) is 10.9 Å². The molecule has 0 aliphatic carbocycles. The van der Waals surface area contributed by atoms with E-state index < -0.39 is 24.2 Å². The van der Waals surface area contributed by atoms with Gasteiger partial charge in [0.15, 0.2) is 0 Å². The molecule has 1 fully saturated rings. The van der Waals surface area contributed by atoms with Crippen molar-refractivity contribution in [3.63, 3.8) is 0 Å². The lowest BCUT2D eigenvalue weighted by molar-refractivity contribution is -0.145. The van der Waals surface area contributed by atoms with Crippen molar-refractivity contribution in [2.24, 2.45) is 5.92 Å². The summed E-state index contributed by atoms with van der Waals surface area (Å²) in [5, 5.41) is 19.1. The summed E-state index contributed by atoms with van der Waals surface area (Å²) in [6.45, 7) is 0. The Labute approximate surface area is 97.0 Å². The summed E-state index contributed by atoms with van der Waals surface area (Å²) in [4.78, 5) is 11.0. The fourth-order valence-electron chi connectivity index (χ4n) is 1.78. The molecule has 6 heteroatoms. The second-order valence-corrected chi connectivity index (χ2v) is 4.06. The predicted molar refractivity (Wildman–Crippen MR) is 57.6 cm³/mol. The van der Waals surface area contributed by atoms with Crippen molar-refractivity contribution in [2.75, 3.05) is 0 Å². The second kappa shape index (κ2) is 4.39. The molecule has 0 aromatic heterocycles. The number of rotatable bonds is 2. The summed E-state index contributed by atoms with van der Waals surface area (Å²) in [5.74, 6) is -1.97. The van der Waals surface area contributed by atoms with E-state index in [2.05, 4.69) is 10.9 Å². The number of aliphatic carboxylic acids is 1. The smallest absolute Gasteiger partial charge is 0.312 e. The van der Waals surface area contributed by atoms with E-state index in [0.717, 1.165) is 5.56 Å². The third kappa shape index (κ3) is 2.03. The van der Waals surface area contributed by atoms with Gasteiger partial charge < -0.3 is 10.2 Å². The average molecular weight is 243 g/mol. The summed E-state index contributed by atoms with van der Waals surface area (Å²) < 4.78 is 0. The SMILES string of the molecule is O=C(O)C1C(O)NNC1c1ccc(Cl)cc1. The lowest BCUT2D eigenvalue weighted by atomic mass is 9.94. The van der Waals surface area contributed by atoms with Gasteiger partial charge in [-0.05, 0) is 17.7 Å². The molecule has 1 aliphatic rings. The van der Waals surface area contributed by atoms with E-state index in [-0.39, 0.29) is 0 Å². The lowest BCUT2D eigenvalue weighted by Crippen LogP contribution is -2.33. The van der Waals surface area contributed by atoms with Gasteiger partial charge in [0.1, 0.15) is 12.1 Å². The third-order valence-corrected chi connectivity index (χ3v) is 2.85. The molecule has 0 amide bonds. The standard InChI is InChI=1S/C10H11ClN2O3/c11-6-3-1-5(2-4-6)8-7(10(15)16)9(14)13-12-8/h1-4,7-9,12-14H,(H,15,16). The minimum Gasteiger partial charge on any atom is -0.481 e. The van der Waals surface area contributed by atoms with Crippen LogP contribution in [0.3, 0.4) is 0 Å². The number of hydrazine groups is 1. The number of carbonyl (C=O) groups is 1. The number of benzene rings is 1. The average Bonchev–Trinajstić information content (AvgIpc) is 2.61. The van der Waals surface area contributed by atoms with Crippen molar-refractivity contribution < 1.29 is 15.0 Å². The molecule has 0 radical (unpaired) electrons. The fourth-order valence-corrected chi connectivity index (χ4v) is 1.90. The Bertz CT molecular complexity index is 396. The van der Waals surface area contributed by atoms with Crippen LogP contribution in [0.25, 0.3) is 0 Å². The summed E-state index contributed by atoms with van der Waals surface area (Å²) in [7, 11) is 0. The molecule has 86 valence electrons. The Kier molecular flexibility index (Phi) is 3.11. The Hall–Kier alpha value is -1.14. The van der Waals surface area contributed by atoms with Crippen LogP contribution in [0.1, 0.15) is 11.6 Å². The normalized spacial score (nSPS) is 29.2. The van der Waals surface area contributed by atoms with Gasteiger partial charge >= 0.3 is 5.97 Å². The maximum absolute atomic E-state index is 11.0. The minimum atomic E-state index is -1.10. The van der Waals surface area contributed by atoms with Crippen LogP contribution >= 0.6 is 11.6 Å². The molecule has 3 atom stereocenters. The van der Waals surface area contributed by atoms with Crippen molar-refractivity contribution in [2.45, 2.75) is 12.3 Å². The number of hydrogen-bond acceptors (Lipinski definition) is 4. The van der Waals surface area contributed by atoms with Gasteiger partial charge in [-0.1, -0.05) is 23.7 Å². The van der Waals surface area contributed by atoms with Gasteiger partial charge in [-0.3, -0.25) is 4.79 Å². The first-order chi connectivity index (χ1) is 7.59. The van der Waals surface area contributed by atoms with Crippen LogP contribution in [0.5, 0.6) is 0 Å². The van der Waals surface area contributed by atoms with Crippen LogP contribution in [-0.2, 0) is 4.79 Å². The largest absolute Gasteiger partial charge is 0.481 e. The first kappa shape index (κ1) is 11.3. The van der Waals surface area contributed by atoms with Crippen LogP contribution in [0.4, 0.5) is 0 Å². The summed E-state index contributed by atoms with van der Waals surface area (Å²) in [5.41, 5.74) is 6.02. The van der Waals surface area contributed by atoms with Gasteiger partial charge in [0.25, 0.3) is 0 Å². The molecule has 0 bridgehead atoms. The Morgan fingerprint density at radius 2 is 1.88 bits per heavy atom. The molecule has 0 spiro atoms. The van der Waals surface area contributed by atoms with Crippen molar-refractivity contribution in [1.29, 1.82) is 0 Å². The highest BCUT2D eigenvalue weighted by Gasteiger charge is 2.40. The molecular weight excluding hydrogens is 232 g/mol. The van der Waals surface area contributed by atoms with E-state index in [0.29, 0.717) is 5.02 Å². The number of carboxylic acids is 1. The summed E-state index contributed by atoms with van der Waals surface area (Å²) in [6.07, 6.45) is -1.10. The molecule has 1 aromatic rings. The van der Waals surface area contributed by atoms with E-state index in [9.17, 15) is 9.90 Å². The van der Waals surface area contributed by atoms with E-state index in [1.807, 2.05) is 0 Å². The summed E-state index contributed by atoms with van der Waals surface area (Å²) in [6, 6.07) is 6.36. The van der Waals surface area contributed by atoms with Crippen LogP contribution < -0.4 is 10.9 Å². The van der Waals surface area contributed by atoms with Crippen LogP contribution in [0.2, 0.25) is 5.02 Å². The monoisotopic (exact) mass is 242 g/mol. The molecular formula is C10H11ClN2O3. The molecule has 1 saturated heterocycles. The number of nitrogens with one attached hydrogen (secondary N) is 2. The van der Waals surface area contributed by atoms with Gasteiger partial charge in [0.05, 0.1) is 6.04 Å². The topological polar surface area (TPSA) is 81.6 Å². The predicted octanol–water partition coefficient (Wildman–Crippen LogP) is 0.508. The first-order valence-corrected chi connectivity index (χ1v) is 5.15. The highest BCUT2D eigenvalue weighted by Crippen LogP contribution is 2.28. The highest BCUT2D eigenvalue weighted by atomic mass is 35.5. The number of aliphatic hydroxyl groups is 1. The number of aliphatic hydroxyl groups excluding tert-OH is 1. The molecule has 1 aromatic carbocycles. The van der Waals surface area contributed by atoms with Crippen LogP contribution in [0.15, 0.2) is 24.3 Å². The molecule has 5 nitrogen and oxygen atoms in total. The zero-order chi connectivity index (χ0) is 11.7. The van der Waals surface area contributed by atoms with E-state index in [4.69, 9.17) is 16.7 Å². The van der Waals surface area contributed by atoms with E-state index in [1.165, 1.54) is 0 Å². The van der Waals surface area contributed by atoms with Crippen LogP contribution in [0, 0.1) is 5.92 Å². The molecule has 4 N–H and O–H groups in total. The number of carboxylic acid groups (broad SMARTS) is 1. The van der Waals surface area contributed by atoms with Gasteiger partial charge in [-0.15, -0.1) is 0 Å². The Morgan fingerprint density at radius 1 is 1.25 bits per heavy atom. The Morgan fingerprint density at radius 3 is 2.44 bits per heavy atom. The molecule has 1 heterocycles. The van der Waals surface area contributed by atoms with Gasteiger partial charge in [-0.2, -0.15) is 0 Å². The van der Waals surface area contributed by atoms with E-state index >= 15 is 0 Å². The van der Waals surface area contributed by atoms with E-state index in [1.54, 1.807) is 24.3 Å². The quantitative estimate of drug-likeness (QED) is 0.608. The number of hydrogen-bond donors (Lipinski definition) is 4. The molecule has 3 unspecified atom stereocenters. The Balaban J connectivity index is 2.26. The zero-order valence-corrected chi connectivity index (χ0v) is 8.98. The van der Waals surface area contributed by atoms with Crippen molar-refractivity contribution >= 4 is 17.6 Å². The lowest BCUT2D eigenvalue weighted by Gasteiger charge is -2.16. The van der Waals surface area contributed by atoms with Crippen molar-refractivity contribution in [3.8, 4) is 0 Å². The van der Waals surface area contributed by atoms with Crippen LogP contribution in [-0.4, -0.2) is 22.4 Å². The zero-order valence-electron chi connectivity index (χ0n) is 8.22. The van der Waals surface area contributed by atoms with Gasteiger partial charge in [-0.25, -0.2) is 10.9 Å². The van der Waals surface area contributed by atoms with Crippen molar-refractivity contribution in [3.05, 3.63) is 34.9 Å². The minimum absolute atomic E-state index is 0.468. The highest BCUT2D eigenvalue weighted by molar-refractivity contribution is 6.30. The molecule has 16 heavy (non-hydrogen) atoms. The molecule has 1 aliphatic heterocycles.